The van der Waals surface area contributed by atoms with Gasteiger partial charge < -0.3 is 15.2 Å². The largest absolute Gasteiger partial charge is 0.364 e. The zero-order valence-electron chi connectivity index (χ0n) is 6.03. The van der Waals surface area contributed by atoms with Gasteiger partial charge in [-0.1, -0.05) is 0 Å². The quantitative estimate of drug-likeness (QED) is 0.419. The lowest BCUT2D eigenvalue weighted by Crippen LogP contribution is -1.95. The summed E-state index contributed by atoms with van der Waals surface area (Å²) in [6, 6.07) is 0. The molecule has 4 nitrogen and oxygen atoms in total. The van der Waals surface area contributed by atoms with Crippen LogP contribution in [-0.2, 0) is 0 Å². The Bertz CT molecular complexity index is 265. The average molecular weight is 155 g/mol. The summed E-state index contributed by atoms with van der Waals surface area (Å²) < 4.78 is 0. The molecule has 0 saturated carbocycles. The van der Waals surface area contributed by atoms with Crippen molar-refractivity contribution in [3.05, 3.63) is 23.0 Å². The molecule has 0 saturated heterocycles. The molecule has 0 spiro atoms. The molecule has 4 heteroatoms. The summed E-state index contributed by atoms with van der Waals surface area (Å²) in [5.74, 6) is 0. The normalized spacial score (nSPS) is 10.5. The molecule has 0 atom stereocenters. The number of aldehydes is 1. The minimum Gasteiger partial charge on any atom is -0.364 e. The maximum atomic E-state index is 10.3. The van der Waals surface area contributed by atoms with Gasteiger partial charge in [-0.25, -0.2) is 0 Å². The standard InChI is InChI=1S/C7H9NO3/c1-4-5(7(10)11)2-8-6(4)3-9/h2-3,7-8,10-11H,1H3. The number of H-pyrrole nitrogens is 1. The Morgan fingerprint density at radius 1 is 1.64 bits per heavy atom. The molecule has 1 rings (SSSR count). The Kier molecular flexibility index (Phi) is 2.07. The van der Waals surface area contributed by atoms with Crippen molar-refractivity contribution in [2.45, 2.75) is 13.2 Å². The van der Waals surface area contributed by atoms with Crippen LogP contribution in [0.4, 0.5) is 0 Å². The summed E-state index contributed by atoms with van der Waals surface area (Å²) in [4.78, 5) is 12.9. The molecule has 1 aromatic heterocycles. The number of nitrogens with one attached hydrogen (secondary N) is 1. The summed E-state index contributed by atoms with van der Waals surface area (Å²) in [6.45, 7) is 1.65. The van der Waals surface area contributed by atoms with Crippen LogP contribution >= 0.6 is 0 Å². The molecule has 11 heavy (non-hydrogen) atoms. The fourth-order valence-corrected chi connectivity index (χ4v) is 0.918. The summed E-state index contributed by atoms with van der Waals surface area (Å²) >= 11 is 0. The second-order valence-electron chi connectivity index (χ2n) is 2.27. The van der Waals surface area contributed by atoms with Gasteiger partial charge >= 0.3 is 0 Å². The van der Waals surface area contributed by atoms with Crippen molar-refractivity contribution in [3.8, 4) is 0 Å². The molecule has 60 valence electrons. The first kappa shape index (κ1) is 7.97. The third-order valence-corrected chi connectivity index (χ3v) is 1.62. The minimum atomic E-state index is -1.51. The van der Waals surface area contributed by atoms with Gasteiger partial charge in [-0.3, -0.25) is 4.79 Å². The van der Waals surface area contributed by atoms with Gasteiger partial charge in [0.15, 0.2) is 12.6 Å². The maximum absolute atomic E-state index is 10.3. The first-order valence-corrected chi connectivity index (χ1v) is 3.16. The van der Waals surface area contributed by atoms with E-state index in [1.54, 1.807) is 6.92 Å². The Balaban J connectivity index is 3.10. The number of aliphatic hydroxyl groups excluding tert-OH is 1. The highest BCUT2D eigenvalue weighted by molar-refractivity contribution is 5.75. The molecular formula is C7H9NO3. The van der Waals surface area contributed by atoms with Gasteiger partial charge in [0.1, 0.15) is 0 Å². The van der Waals surface area contributed by atoms with E-state index in [1.165, 1.54) is 6.20 Å². The van der Waals surface area contributed by atoms with E-state index < -0.39 is 6.29 Å². The number of carbonyl (C=O) groups is 1. The molecule has 0 amide bonds. The summed E-state index contributed by atoms with van der Waals surface area (Å²) in [5, 5.41) is 17.5. The maximum Gasteiger partial charge on any atom is 0.180 e. The smallest absolute Gasteiger partial charge is 0.180 e. The number of aliphatic hydroxyl groups is 2. The van der Waals surface area contributed by atoms with E-state index in [4.69, 9.17) is 10.2 Å². The molecule has 3 N–H and O–H groups in total. The highest BCUT2D eigenvalue weighted by Crippen LogP contribution is 2.16. The van der Waals surface area contributed by atoms with Gasteiger partial charge in [-0.05, 0) is 12.5 Å². The third kappa shape index (κ3) is 1.31. The summed E-state index contributed by atoms with van der Waals surface area (Å²) in [7, 11) is 0. The Morgan fingerprint density at radius 3 is 2.55 bits per heavy atom. The molecule has 0 aliphatic carbocycles. The SMILES string of the molecule is Cc1c(C(O)O)c[nH]c1C=O. The average Bonchev–Trinajstić information content (AvgIpc) is 2.30. The fraction of sp³-hybridized carbons (Fsp3) is 0.286. The van der Waals surface area contributed by atoms with Crippen LogP contribution in [0.2, 0.25) is 0 Å². The van der Waals surface area contributed by atoms with Gasteiger partial charge in [0.25, 0.3) is 0 Å². The van der Waals surface area contributed by atoms with E-state index in [-0.39, 0.29) is 0 Å². The number of aromatic amines is 1. The van der Waals surface area contributed by atoms with Crippen molar-refractivity contribution >= 4 is 6.29 Å². The van der Waals surface area contributed by atoms with Crippen molar-refractivity contribution in [3.63, 3.8) is 0 Å². The van der Waals surface area contributed by atoms with Crippen molar-refractivity contribution in [2.24, 2.45) is 0 Å². The monoisotopic (exact) mass is 155 g/mol. The number of hydrogen-bond donors (Lipinski definition) is 3. The van der Waals surface area contributed by atoms with E-state index in [0.717, 1.165) is 0 Å². The molecule has 1 heterocycles. The first-order chi connectivity index (χ1) is 5.16. The predicted molar refractivity (Wildman–Crippen MR) is 38.1 cm³/mol. The van der Waals surface area contributed by atoms with Crippen molar-refractivity contribution < 1.29 is 15.0 Å². The van der Waals surface area contributed by atoms with Crippen LogP contribution < -0.4 is 0 Å². The molecule has 0 radical (unpaired) electrons. The van der Waals surface area contributed by atoms with Gasteiger partial charge in [0.05, 0.1) is 5.69 Å². The first-order valence-electron chi connectivity index (χ1n) is 3.16. The number of aromatic nitrogens is 1. The molecule has 0 aromatic carbocycles. The van der Waals surface area contributed by atoms with Crippen molar-refractivity contribution in [2.75, 3.05) is 0 Å². The van der Waals surface area contributed by atoms with Crippen LogP contribution in [0.15, 0.2) is 6.20 Å². The van der Waals surface area contributed by atoms with Crippen LogP contribution in [0.25, 0.3) is 0 Å². The van der Waals surface area contributed by atoms with Gasteiger partial charge in [-0.15, -0.1) is 0 Å². The van der Waals surface area contributed by atoms with E-state index in [9.17, 15) is 4.79 Å². The predicted octanol–water partition coefficient (Wildman–Crippen LogP) is 0.119. The van der Waals surface area contributed by atoms with Crippen LogP contribution in [0.1, 0.15) is 27.9 Å². The third-order valence-electron chi connectivity index (χ3n) is 1.62. The van der Waals surface area contributed by atoms with Crippen LogP contribution in [-0.4, -0.2) is 21.5 Å². The van der Waals surface area contributed by atoms with Gasteiger partial charge in [0.2, 0.25) is 0 Å². The number of rotatable bonds is 2. The van der Waals surface area contributed by atoms with Crippen LogP contribution in [0, 0.1) is 6.92 Å². The Morgan fingerprint density at radius 2 is 2.27 bits per heavy atom. The topological polar surface area (TPSA) is 73.3 Å². The zero-order valence-corrected chi connectivity index (χ0v) is 6.03. The highest BCUT2D eigenvalue weighted by Gasteiger charge is 2.10. The van der Waals surface area contributed by atoms with Gasteiger partial charge in [0, 0.05) is 11.8 Å². The van der Waals surface area contributed by atoms with Crippen molar-refractivity contribution in [1.82, 2.24) is 4.98 Å². The highest BCUT2D eigenvalue weighted by atomic mass is 16.5. The lowest BCUT2D eigenvalue weighted by molar-refractivity contribution is -0.0427. The van der Waals surface area contributed by atoms with E-state index in [0.29, 0.717) is 23.1 Å². The second-order valence-corrected chi connectivity index (χ2v) is 2.27. The van der Waals surface area contributed by atoms with E-state index in [2.05, 4.69) is 4.98 Å². The Hall–Kier alpha value is -1.13. The lowest BCUT2D eigenvalue weighted by atomic mass is 10.2. The van der Waals surface area contributed by atoms with E-state index >= 15 is 0 Å². The molecule has 0 fully saturated rings. The summed E-state index contributed by atoms with van der Waals surface area (Å²) in [6.07, 6.45) is 0.533. The summed E-state index contributed by atoms with van der Waals surface area (Å²) in [5.41, 5.74) is 1.30. The fourth-order valence-electron chi connectivity index (χ4n) is 0.918. The second kappa shape index (κ2) is 2.86. The molecule has 1 aromatic rings. The zero-order chi connectivity index (χ0) is 8.43. The molecule has 0 unspecified atom stereocenters. The number of carbonyl (C=O) groups excluding carboxylic acids is 1. The number of hydrogen-bond acceptors (Lipinski definition) is 3. The molecule has 0 aliphatic heterocycles. The lowest BCUT2D eigenvalue weighted by Gasteiger charge is -2.00. The Labute approximate surface area is 63.5 Å². The molecule has 0 bridgehead atoms. The van der Waals surface area contributed by atoms with Crippen LogP contribution in [0.3, 0.4) is 0 Å². The molecular weight excluding hydrogens is 146 g/mol. The van der Waals surface area contributed by atoms with E-state index in [1.807, 2.05) is 0 Å². The van der Waals surface area contributed by atoms with Gasteiger partial charge in [-0.2, -0.15) is 0 Å². The van der Waals surface area contributed by atoms with Crippen LogP contribution in [0.5, 0.6) is 0 Å². The minimum absolute atomic E-state index is 0.340. The van der Waals surface area contributed by atoms with Crippen molar-refractivity contribution in [1.29, 1.82) is 0 Å². The molecule has 0 aliphatic rings.